The molecule has 1 heterocycles. The van der Waals surface area contributed by atoms with Crippen LogP contribution < -0.4 is 0 Å². The molecule has 1 aromatic rings. The van der Waals surface area contributed by atoms with E-state index in [0.717, 1.165) is 25.0 Å². The first-order valence-corrected chi connectivity index (χ1v) is 4.72. The molecule has 0 unspecified atom stereocenters. The van der Waals surface area contributed by atoms with Gasteiger partial charge in [-0.05, 0) is 18.4 Å². The standard InChI is InChI=1S/C11H14O2/c12-11(10-7-4-8-13-10)9-5-2-1-3-6-9/h1-3,5-6,10-12H,4,7-8H2/t10-,11-/m0/s1. The Morgan fingerprint density at radius 2 is 2.08 bits per heavy atom. The van der Waals surface area contributed by atoms with E-state index in [1.807, 2.05) is 30.3 Å². The Balaban J connectivity index is 2.08. The Hall–Kier alpha value is -0.860. The van der Waals surface area contributed by atoms with Gasteiger partial charge in [0, 0.05) is 6.61 Å². The minimum atomic E-state index is -0.455. The highest BCUT2D eigenvalue weighted by Crippen LogP contribution is 2.26. The van der Waals surface area contributed by atoms with Gasteiger partial charge >= 0.3 is 0 Å². The van der Waals surface area contributed by atoms with E-state index in [1.54, 1.807) is 0 Å². The van der Waals surface area contributed by atoms with Gasteiger partial charge in [0.25, 0.3) is 0 Å². The summed E-state index contributed by atoms with van der Waals surface area (Å²) in [6.07, 6.45) is 1.58. The van der Waals surface area contributed by atoms with Gasteiger partial charge in [-0.15, -0.1) is 0 Å². The van der Waals surface area contributed by atoms with E-state index < -0.39 is 6.10 Å². The van der Waals surface area contributed by atoms with Crippen LogP contribution in [0.15, 0.2) is 30.3 Å². The second-order valence-corrected chi connectivity index (χ2v) is 3.41. The van der Waals surface area contributed by atoms with E-state index in [4.69, 9.17) is 4.74 Å². The van der Waals surface area contributed by atoms with Crippen molar-refractivity contribution < 1.29 is 9.84 Å². The molecule has 2 nitrogen and oxygen atoms in total. The summed E-state index contributed by atoms with van der Waals surface area (Å²) in [6.45, 7) is 0.786. The SMILES string of the molecule is O[C@@H](c1ccccc1)[C@@H]1CCCO1. The predicted octanol–water partition coefficient (Wildman–Crippen LogP) is 1.90. The predicted molar refractivity (Wildman–Crippen MR) is 50.4 cm³/mol. The van der Waals surface area contributed by atoms with Crippen LogP contribution in [0.5, 0.6) is 0 Å². The van der Waals surface area contributed by atoms with Crippen LogP contribution in [0.4, 0.5) is 0 Å². The van der Waals surface area contributed by atoms with E-state index >= 15 is 0 Å². The molecular formula is C11H14O2. The molecule has 0 saturated carbocycles. The molecule has 2 atom stereocenters. The number of ether oxygens (including phenoxy) is 1. The average Bonchev–Trinajstić information content (AvgIpc) is 2.71. The minimum Gasteiger partial charge on any atom is -0.386 e. The van der Waals surface area contributed by atoms with Crippen LogP contribution in [0.25, 0.3) is 0 Å². The van der Waals surface area contributed by atoms with Crippen LogP contribution in [0.3, 0.4) is 0 Å². The molecule has 0 aliphatic carbocycles. The molecular weight excluding hydrogens is 164 g/mol. The molecule has 0 bridgehead atoms. The summed E-state index contributed by atoms with van der Waals surface area (Å²) in [5, 5.41) is 9.90. The normalized spacial score (nSPS) is 24.5. The Morgan fingerprint density at radius 3 is 2.69 bits per heavy atom. The van der Waals surface area contributed by atoms with Gasteiger partial charge in [0.2, 0.25) is 0 Å². The fourth-order valence-electron chi connectivity index (χ4n) is 1.72. The molecule has 1 fully saturated rings. The topological polar surface area (TPSA) is 29.5 Å². The van der Waals surface area contributed by atoms with Crippen LogP contribution in [0, 0.1) is 0 Å². The molecule has 1 aliphatic rings. The number of hydrogen-bond donors (Lipinski definition) is 1. The lowest BCUT2D eigenvalue weighted by atomic mass is 10.0. The lowest BCUT2D eigenvalue weighted by molar-refractivity contribution is -0.00258. The molecule has 1 saturated heterocycles. The Labute approximate surface area is 78.2 Å². The molecule has 1 aromatic carbocycles. The molecule has 2 rings (SSSR count). The Kier molecular flexibility index (Phi) is 2.62. The summed E-state index contributed by atoms with van der Waals surface area (Å²) in [7, 11) is 0. The van der Waals surface area contributed by atoms with Gasteiger partial charge in [0.15, 0.2) is 0 Å². The van der Waals surface area contributed by atoms with E-state index in [9.17, 15) is 5.11 Å². The maximum atomic E-state index is 9.90. The summed E-state index contributed by atoms with van der Waals surface area (Å²) in [5.74, 6) is 0. The molecule has 70 valence electrons. The molecule has 0 amide bonds. The highest BCUT2D eigenvalue weighted by Gasteiger charge is 2.24. The molecule has 1 N–H and O–H groups in total. The molecule has 0 radical (unpaired) electrons. The van der Waals surface area contributed by atoms with E-state index in [-0.39, 0.29) is 6.10 Å². The van der Waals surface area contributed by atoms with Crippen LogP contribution >= 0.6 is 0 Å². The summed E-state index contributed by atoms with van der Waals surface area (Å²) in [5.41, 5.74) is 0.953. The maximum absolute atomic E-state index is 9.90. The van der Waals surface area contributed by atoms with Crippen molar-refractivity contribution >= 4 is 0 Å². The zero-order valence-corrected chi connectivity index (χ0v) is 7.52. The Bertz CT molecular complexity index is 252. The number of aliphatic hydroxyl groups is 1. The van der Waals surface area contributed by atoms with Crippen molar-refractivity contribution in [3.63, 3.8) is 0 Å². The van der Waals surface area contributed by atoms with Crippen LogP contribution in [-0.4, -0.2) is 17.8 Å². The third-order valence-electron chi connectivity index (χ3n) is 2.46. The monoisotopic (exact) mass is 178 g/mol. The molecule has 13 heavy (non-hydrogen) atoms. The second kappa shape index (κ2) is 3.90. The van der Waals surface area contributed by atoms with Crippen molar-refractivity contribution in [3.8, 4) is 0 Å². The van der Waals surface area contributed by atoms with Crippen molar-refractivity contribution in [3.05, 3.63) is 35.9 Å². The highest BCUT2D eigenvalue weighted by molar-refractivity contribution is 5.18. The van der Waals surface area contributed by atoms with E-state index in [2.05, 4.69) is 0 Å². The van der Waals surface area contributed by atoms with Gasteiger partial charge in [-0.25, -0.2) is 0 Å². The summed E-state index contributed by atoms with van der Waals surface area (Å²) in [4.78, 5) is 0. The number of benzene rings is 1. The molecule has 0 aromatic heterocycles. The van der Waals surface area contributed by atoms with Crippen molar-refractivity contribution in [2.75, 3.05) is 6.61 Å². The first-order valence-electron chi connectivity index (χ1n) is 4.72. The minimum absolute atomic E-state index is 0.00222. The van der Waals surface area contributed by atoms with Crippen molar-refractivity contribution in [1.82, 2.24) is 0 Å². The average molecular weight is 178 g/mol. The van der Waals surface area contributed by atoms with Crippen molar-refractivity contribution in [2.24, 2.45) is 0 Å². The van der Waals surface area contributed by atoms with Gasteiger partial charge in [-0.2, -0.15) is 0 Å². The van der Waals surface area contributed by atoms with Crippen molar-refractivity contribution in [2.45, 2.75) is 25.0 Å². The van der Waals surface area contributed by atoms with Crippen LogP contribution in [-0.2, 0) is 4.74 Å². The van der Waals surface area contributed by atoms with Gasteiger partial charge < -0.3 is 9.84 Å². The van der Waals surface area contributed by atoms with Crippen molar-refractivity contribution in [1.29, 1.82) is 0 Å². The third-order valence-corrected chi connectivity index (χ3v) is 2.46. The largest absolute Gasteiger partial charge is 0.386 e. The van der Waals surface area contributed by atoms with Gasteiger partial charge in [0.05, 0.1) is 6.10 Å². The maximum Gasteiger partial charge on any atom is 0.105 e. The van der Waals surface area contributed by atoms with E-state index in [0.29, 0.717) is 0 Å². The van der Waals surface area contributed by atoms with Gasteiger partial charge in [-0.3, -0.25) is 0 Å². The lowest BCUT2D eigenvalue weighted by Gasteiger charge is -2.17. The van der Waals surface area contributed by atoms with Crippen LogP contribution in [0.2, 0.25) is 0 Å². The van der Waals surface area contributed by atoms with Gasteiger partial charge in [-0.1, -0.05) is 30.3 Å². The number of aliphatic hydroxyl groups excluding tert-OH is 1. The Morgan fingerprint density at radius 1 is 1.31 bits per heavy atom. The number of rotatable bonds is 2. The zero-order valence-electron chi connectivity index (χ0n) is 7.52. The quantitative estimate of drug-likeness (QED) is 0.749. The first kappa shape index (κ1) is 8.73. The van der Waals surface area contributed by atoms with Crippen LogP contribution in [0.1, 0.15) is 24.5 Å². The second-order valence-electron chi connectivity index (χ2n) is 3.41. The summed E-state index contributed by atoms with van der Waals surface area (Å²) in [6, 6.07) is 9.70. The molecule has 1 aliphatic heterocycles. The molecule has 2 heteroatoms. The van der Waals surface area contributed by atoms with E-state index in [1.165, 1.54) is 0 Å². The fraction of sp³-hybridized carbons (Fsp3) is 0.455. The smallest absolute Gasteiger partial charge is 0.105 e. The summed E-state index contributed by atoms with van der Waals surface area (Å²) < 4.78 is 5.42. The van der Waals surface area contributed by atoms with Gasteiger partial charge in [0.1, 0.15) is 6.10 Å². The fourth-order valence-corrected chi connectivity index (χ4v) is 1.72. The zero-order chi connectivity index (χ0) is 9.10. The first-order chi connectivity index (χ1) is 6.38. The molecule has 0 spiro atoms. The third kappa shape index (κ3) is 1.90. The lowest BCUT2D eigenvalue weighted by Crippen LogP contribution is -2.16. The summed E-state index contributed by atoms with van der Waals surface area (Å²) >= 11 is 0. The highest BCUT2D eigenvalue weighted by atomic mass is 16.5. The number of hydrogen-bond acceptors (Lipinski definition) is 2.